The minimum absolute atomic E-state index is 0.263. The van der Waals surface area contributed by atoms with E-state index < -0.39 is 7.82 Å². The van der Waals surface area contributed by atoms with Crippen LogP contribution >= 0.6 is 7.82 Å². The quantitative estimate of drug-likeness (QED) is 0.147. The maximum Gasteiger partial charge on any atom is 0.529 e. The van der Waals surface area contributed by atoms with E-state index in [4.69, 9.17) is 18.3 Å². The van der Waals surface area contributed by atoms with Crippen LogP contribution in [0, 0.1) is 5.41 Å². The minimum Gasteiger partial charge on any atom is -0.408 e. The van der Waals surface area contributed by atoms with E-state index in [9.17, 15) is 4.57 Å². The fourth-order valence-electron chi connectivity index (χ4n) is 2.49. The fourth-order valence-corrected chi connectivity index (χ4v) is 3.89. The maximum absolute atomic E-state index is 12.7. The largest absolute Gasteiger partial charge is 0.529 e. The van der Waals surface area contributed by atoms with Gasteiger partial charge >= 0.3 is 7.82 Å². The van der Waals surface area contributed by atoms with E-state index in [0.29, 0.717) is 19.0 Å². The fraction of sp³-hybridized carbons (Fsp3) is 0.565. The Morgan fingerprint density at radius 3 is 2.21 bits per heavy atom. The lowest BCUT2D eigenvalue weighted by Crippen LogP contribution is -2.13. The highest BCUT2D eigenvalue weighted by molar-refractivity contribution is 7.48. The summed E-state index contributed by atoms with van der Waals surface area (Å²) in [6.07, 6.45) is 5.71. The van der Waals surface area contributed by atoms with Crippen LogP contribution in [0.3, 0.4) is 0 Å². The molecule has 0 aliphatic heterocycles. The van der Waals surface area contributed by atoms with E-state index in [1.54, 1.807) is 13.8 Å². The SMILES string of the molecule is CCOP(=O)(OCC)O/C(=C\CC/C(C)=C\COCc1ccccc1)C(C)(C)C. The highest BCUT2D eigenvalue weighted by Crippen LogP contribution is 2.53. The lowest BCUT2D eigenvalue weighted by Gasteiger charge is -2.27. The molecule has 0 radical (unpaired) electrons. The van der Waals surface area contributed by atoms with Gasteiger partial charge in [-0.2, -0.15) is 0 Å². The summed E-state index contributed by atoms with van der Waals surface area (Å²) < 4.78 is 34.7. The van der Waals surface area contributed by atoms with E-state index in [0.717, 1.165) is 12.8 Å². The van der Waals surface area contributed by atoms with E-state index in [1.165, 1.54) is 11.1 Å². The summed E-state index contributed by atoms with van der Waals surface area (Å²) >= 11 is 0. The van der Waals surface area contributed by atoms with Crippen molar-refractivity contribution in [2.75, 3.05) is 19.8 Å². The number of ether oxygens (including phenoxy) is 1. The number of phosphoric acid groups is 1. The first-order valence-corrected chi connectivity index (χ1v) is 11.7. The molecule has 0 aliphatic rings. The average molecular weight is 425 g/mol. The Labute approximate surface area is 176 Å². The van der Waals surface area contributed by atoms with Crippen LogP contribution in [0.15, 0.2) is 53.8 Å². The van der Waals surface area contributed by atoms with Gasteiger partial charge < -0.3 is 9.26 Å². The summed E-state index contributed by atoms with van der Waals surface area (Å²) in [5.41, 5.74) is 2.10. The summed E-state index contributed by atoms with van der Waals surface area (Å²) in [5.74, 6) is 0.621. The molecule has 164 valence electrons. The van der Waals surface area contributed by atoms with Crippen molar-refractivity contribution in [3.05, 3.63) is 59.4 Å². The second-order valence-electron chi connectivity index (χ2n) is 7.78. The number of hydrogen-bond acceptors (Lipinski definition) is 5. The van der Waals surface area contributed by atoms with Gasteiger partial charge in [-0.1, -0.05) is 62.8 Å². The third kappa shape index (κ3) is 10.8. The molecule has 0 aromatic heterocycles. The monoisotopic (exact) mass is 424 g/mol. The third-order valence-electron chi connectivity index (χ3n) is 4.05. The lowest BCUT2D eigenvalue weighted by molar-refractivity contribution is 0.128. The zero-order valence-electron chi connectivity index (χ0n) is 18.8. The number of rotatable bonds is 13. The van der Waals surface area contributed by atoms with Crippen molar-refractivity contribution >= 4 is 7.82 Å². The molecule has 1 aromatic carbocycles. The van der Waals surface area contributed by atoms with Gasteiger partial charge in [0, 0.05) is 5.41 Å². The molecule has 0 fully saturated rings. The molecular weight excluding hydrogens is 387 g/mol. The van der Waals surface area contributed by atoms with Gasteiger partial charge in [0.2, 0.25) is 0 Å². The van der Waals surface area contributed by atoms with Crippen LogP contribution in [-0.2, 0) is 29.5 Å². The number of hydrogen-bond donors (Lipinski definition) is 0. The van der Waals surface area contributed by atoms with Gasteiger partial charge in [0.1, 0.15) is 5.76 Å². The molecule has 0 aliphatic carbocycles. The van der Waals surface area contributed by atoms with Gasteiger partial charge in [-0.05, 0) is 45.3 Å². The summed E-state index contributed by atoms with van der Waals surface area (Å²) in [7, 11) is -3.59. The Hall–Kier alpha value is -1.39. The van der Waals surface area contributed by atoms with Crippen molar-refractivity contribution in [3.63, 3.8) is 0 Å². The Kier molecular flexibility index (Phi) is 11.5. The van der Waals surface area contributed by atoms with Crippen molar-refractivity contribution in [2.24, 2.45) is 5.41 Å². The van der Waals surface area contributed by atoms with E-state index >= 15 is 0 Å². The summed E-state index contributed by atoms with van der Waals surface area (Å²) in [4.78, 5) is 0. The molecule has 0 saturated carbocycles. The van der Waals surface area contributed by atoms with Gasteiger partial charge in [0.05, 0.1) is 26.4 Å². The molecule has 0 N–H and O–H groups in total. The molecule has 0 bridgehead atoms. The first kappa shape index (κ1) is 25.6. The average Bonchev–Trinajstić information content (AvgIpc) is 2.65. The maximum atomic E-state index is 12.7. The summed E-state index contributed by atoms with van der Waals surface area (Å²) in [6, 6.07) is 10.1. The number of benzene rings is 1. The predicted molar refractivity (Wildman–Crippen MR) is 119 cm³/mol. The Bertz CT molecular complexity index is 679. The van der Waals surface area contributed by atoms with Crippen molar-refractivity contribution in [1.82, 2.24) is 0 Å². The molecule has 5 nitrogen and oxygen atoms in total. The summed E-state index contributed by atoms with van der Waals surface area (Å²) in [5, 5.41) is 0. The molecule has 0 saturated heterocycles. The molecule has 0 spiro atoms. The molecule has 0 heterocycles. The van der Waals surface area contributed by atoms with Crippen molar-refractivity contribution in [2.45, 2.75) is 61.0 Å². The zero-order valence-corrected chi connectivity index (χ0v) is 19.7. The van der Waals surface area contributed by atoms with E-state index in [2.05, 4.69) is 25.1 Å². The second-order valence-corrected chi connectivity index (χ2v) is 9.38. The molecule has 1 aromatic rings. The van der Waals surface area contributed by atoms with Crippen LogP contribution < -0.4 is 0 Å². The zero-order chi connectivity index (χ0) is 21.8. The van der Waals surface area contributed by atoms with Crippen molar-refractivity contribution in [1.29, 1.82) is 0 Å². The van der Waals surface area contributed by atoms with Crippen LogP contribution in [-0.4, -0.2) is 19.8 Å². The first-order chi connectivity index (χ1) is 13.7. The normalized spacial score (nSPS) is 13.6. The van der Waals surface area contributed by atoms with Crippen LogP contribution in [0.1, 0.15) is 59.9 Å². The number of phosphoric ester groups is 1. The molecule has 0 unspecified atom stereocenters. The van der Waals surface area contributed by atoms with Gasteiger partial charge in [-0.25, -0.2) is 4.57 Å². The predicted octanol–water partition coefficient (Wildman–Crippen LogP) is 7.06. The van der Waals surface area contributed by atoms with Crippen LogP contribution in [0.25, 0.3) is 0 Å². The minimum atomic E-state index is -3.59. The molecular formula is C23H37O5P. The van der Waals surface area contributed by atoms with Crippen molar-refractivity contribution in [3.8, 4) is 0 Å². The Morgan fingerprint density at radius 2 is 1.66 bits per heavy atom. The van der Waals surface area contributed by atoms with Crippen molar-refractivity contribution < 1.29 is 22.9 Å². The second kappa shape index (κ2) is 13.0. The Balaban J connectivity index is 2.59. The standard InChI is InChI=1S/C23H37O5P/c1-7-26-29(24,27-8-2)28-22(23(4,5)6)16-12-13-20(3)17-18-25-19-21-14-10-9-11-15-21/h9-11,14-17H,7-8,12-13,18-19H2,1-6H3/b20-17-,22-16-. The van der Waals surface area contributed by atoms with E-state index in [1.807, 2.05) is 45.0 Å². The highest BCUT2D eigenvalue weighted by atomic mass is 31.2. The summed E-state index contributed by atoms with van der Waals surface area (Å²) in [6.45, 7) is 13.4. The molecule has 1 rings (SSSR count). The van der Waals surface area contributed by atoms with Gasteiger partial charge in [0.15, 0.2) is 0 Å². The van der Waals surface area contributed by atoms with Gasteiger partial charge in [0.25, 0.3) is 0 Å². The third-order valence-corrected chi connectivity index (χ3v) is 5.62. The molecule has 0 amide bonds. The molecule has 6 heteroatoms. The van der Waals surface area contributed by atoms with Crippen LogP contribution in [0.4, 0.5) is 0 Å². The topological polar surface area (TPSA) is 54.0 Å². The molecule has 0 atom stereocenters. The van der Waals surface area contributed by atoms with Crippen LogP contribution in [0.2, 0.25) is 0 Å². The van der Waals surface area contributed by atoms with Crippen LogP contribution in [0.5, 0.6) is 0 Å². The number of allylic oxidation sites excluding steroid dienone is 3. The first-order valence-electron chi connectivity index (χ1n) is 10.3. The Morgan fingerprint density at radius 1 is 1.03 bits per heavy atom. The lowest BCUT2D eigenvalue weighted by atomic mass is 9.93. The smallest absolute Gasteiger partial charge is 0.408 e. The van der Waals surface area contributed by atoms with Gasteiger partial charge in [-0.3, -0.25) is 9.05 Å². The van der Waals surface area contributed by atoms with Gasteiger partial charge in [-0.15, -0.1) is 0 Å². The van der Waals surface area contributed by atoms with E-state index in [-0.39, 0.29) is 18.6 Å². The highest BCUT2D eigenvalue weighted by Gasteiger charge is 2.32. The molecule has 29 heavy (non-hydrogen) atoms.